The van der Waals surface area contributed by atoms with Gasteiger partial charge in [0.25, 0.3) is 5.91 Å². The minimum absolute atomic E-state index is 0.00103. The first-order chi connectivity index (χ1) is 19.0. The van der Waals surface area contributed by atoms with Gasteiger partial charge in [-0.05, 0) is 54.9 Å². The zero-order valence-corrected chi connectivity index (χ0v) is 24.0. The van der Waals surface area contributed by atoms with E-state index in [2.05, 4.69) is 12.2 Å². The number of amides is 3. The number of halogens is 1. The molecule has 0 spiro atoms. The summed E-state index contributed by atoms with van der Waals surface area (Å²) in [6.07, 6.45) is 1.32. The van der Waals surface area contributed by atoms with E-state index < -0.39 is 28.7 Å². The molecule has 5 unspecified atom stereocenters. The number of hydrogen-bond donors (Lipinski definition) is 3. The van der Waals surface area contributed by atoms with Gasteiger partial charge in [0.15, 0.2) is 5.13 Å². The van der Waals surface area contributed by atoms with Gasteiger partial charge in [0.1, 0.15) is 5.82 Å². The minimum atomic E-state index is -0.749. The van der Waals surface area contributed by atoms with Crippen molar-refractivity contribution in [2.24, 2.45) is 16.7 Å². The van der Waals surface area contributed by atoms with Gasteiger partial charge < -0.3 is 20.0 Å². The molecule has 40 heavy (non-hydrogen) atoms. The summed E-state index contributed by atoms with van der Waals surface area (Å²) < 4.78 is 13.3. The second-order valence-corrected chi connectivity index (χ2v) is 13.0. The summed E-state index contributed by atoms with van der Waals surface area (Å²) in [7, 11) is 0. The first-order valence-electron chi connectivity index (χ1n) is 13.8. The van der Waals surface area contributed by atoms with Gasteiger partial charge in [0, 0.05) is 61.3 Å². The fourth-order valence-corrected chi connectivity index (χ4v) is 8.11. The lowest BCUT2D eigenvalue weighted by molar-refractivity contribution is -0.149. The fraction of sp³-hybridized carbons (Fsp3) is 0.586. The number of aliphatic hydroxyl groups excluding tert-OH is 2. The Balaban J connectivity index is 1.45. The molecule has 2 aromatic rings. The van der Waals surface area contributed by atoms with E-state index in [1.165, 1.54) is 42.5 Å². The summed E-state index contributed by atoms with van der Waals surface area (Å²) in [6.45, 7) is 7.37. The molecule has 0 radical (unpaired) electrons. The Kier molecular flexibility index (Phi) is 7.75. The highest BCUT2D eigenvalue weighted by atomic mass is 32.1. The molecule has 2 heterocycles. The third-order valence-corrected chi connectivity index (χ3v) is 10.7. The Morgan fingerprint density at radius 1 is 1.12 bits per heavy atom. The number of piperazine rings is 1. The van der Waals surface area contributed by atoms with E-state index in [0.717, 1.165) is 10.6 Å². The number of thiazole rings is 1. The van der Waals surface area contributed by atoms with Gasteiger partial charge in [-0.15, -0.1) is 11.3 Å². The topological polar surface area (TPSA) is 123 Å². The van der Waals surface area contributed by atoms with Crippen molar-refractivity contribution in [1.82, 2.24) is 14.8 Å². The number of benzene rings is 1. The molecule has 2 aliphatic carbocycles. The Bertz CT molecular complexity index is 1290. The summed E-state index contributed by atoms with van der Waals surface area (Å²) in [4.78, 5) is 47.6. The zero-order chi connectivity index (χ0) is 28.8. The molecular weight excluding hydrogens is 535 g/mol. The zero-order valence-electron chi connectivity index (χ0n) is 23.2. The van der Waals surface area contributed by atoms with Crippen molar-refractivity contribution >= 4 is 34.2 Å². The van der Waals surface area contributed by atoms with Crippen molar-refractivity contribution in [1.29, 1.82) is 0 Å². The van der Waals surface area contributed by atoms with Gasteiger partial charge in [-0.25, -0.2) is 9.37 Å². The van der Waals surface area contributed by atoms with Crippen LogP contribution in [0.4, 0.5) is 9.52 Å². The van der Waals surface area contributed by atoms with Crippen LogP contribution in [0, 0.1) is 22.6 Å². The smallest absolute Gasteiger partial charge is 0.257 e. The Hall–Kier alpha value is -2.89. The Morgan fingerprint density at radius 3 is 2.40 bits per heavy atom. The highest BCUT2D eigenvalue weighted by Crippen LogP contribution is 2.63. The van der Waals surface area contributed by atoms with E-state index in [1.54, 1.807) is 9.80 Å². The molecule has 5 atom stereocenters. The average molecular weight is 573 g/mol. The molecule has 2 fully saturated rings. The van der Waals surface area contributed by atoms with Crippen molar-refractivity contribution in [3.63, 3.8) is 0 Å². The summed E-state index contributed by atoms with van der Waals surface area (Å²) in [5.74, 6) is -1.22. The maximum atomic E-state index is 13.7. The molecular formula is C29H37FN4O5S. The van der Waals surface area contributed by atoms with Gasteiger partial charge in [-0.1, -0.05) is 13.8 Å². The predicted octanol–water partition coefficient (Wildman–Crippen LogP) is 3.03. The van der Waals surface area contributed by atoms with Crippen LogP contribution in [0.15, 0.2) is 24.3 Å². The van der Waals surface area contributed by atoms with Crippen LogP contribution in [-0.4, -0.2) is 81.6 Å². The van der Waals surface area contributed by atoms with Gasteiger partial charge in [-0.2, -0.15) is 0 Å². The molecule has 216 valence electrons. The van der Waals surface area contributed by atoms with Crippen molar-refractivity contribution in [3.05, 3.63) is 46.2 Å². The molecule has 11 heteroatoms. The van der Waals surface area contributed by atoms with Crippen molar-refractivity contribution in [2.45, 2.75) is 58.5 Å². The number of rotatable bonds is 5. The summed E-state index contributed by atoms with van der Waals surface area (Å²) in [5.41, 5.74) is -0.0683. The molecule has 3 N–H and O–H groups in total. The molecule has 5 rings (SSSR count). The number of carbonyl (C=O) groups is 3. The number of anilines is 1. The largest absolute Gasteiger partial charge is 0.396 e. The minimum Gasteiger partial charge on any atom is -0.396 e. The van der Waals surface area contributed by atoms with Crippen LogP contribution in [0.5, 0.6) is 0 Å². The van der Waals surface area contributed by atoms with Gasteiger partial charge in [0.2, 0.25) is 11.8 Å². The number of aromatic nitrogens is 1. The van der Waals surface area contributed by atoms with E-state index in [1.807, 2.05) is 6.92 Å². The number of fused-ring (bicyclic) bond motifs is 2. The van der Waals surface area contributed by atoms with E-state index in [9.17, 15) is 29.0 Å². The number of carbonyl (C=O) groups excluding carboxylic acids is 3. The van der Waals surface area contributed by atoms with Crippen LogP contribution in [0.25, 0.3) is 0 Å². The molecule has 1 saturated carbocycles. The Morgan fingerprint density at radius 2 is 1.77 bits per heavy atom. The number of nitrogens with zero attached hydrogens (tertiary/aromatic N) is 3. The predicted molar refractivity (Wildman–Crippen MR) is 148 cm³/mol. The average Bonchev–Trinajstić information content (AvgIpc) is 3.34. The maximum Gasteiger partial charge on any atom is 0.257 e. The van der Waals surface area contributed by atoms with Crippen LogP contribution in [0.3, 0.4) is 0 Å². The van der Waals surface area contributed by atoms with E-state index in [4.69, 9.17) is 4.98 Å². The second-order valence-electron chi connectivity index (χ2n) is 11.9. The van der Waals surface area contributed by atoms with Crippen LogP contribution in [0.2, 0.25) is 0 Å². The Labute approximate surface area is 237 Å². The lowest BCUT2D eigenvalue weighted by Gasteiger charge is -2.58. The number of nitrogens with one attached hydrogen (secondary N) is 1. The molecule has 3 aliphatic rings. The van der Waals surface area contributed by atoms with Crippen molar-refractivity contribution in [2.75, 3.05) is 38.1 Å². The first-order valence-corrected chi connectivity index (χ1v) is 14.7. The number of hydrogen-bond acceptors (Lipinski definition) is 7. The molecule has 1 aliphatic heterocycles. The monoisotopic (exact) mass is 572 g/mol. The van der Waals surface area contributed by atoms with E-state index >= 15 is 0 Å². The third kappa shape index (κ3) is 5.03. The van der Waals surface area contributed by atoms with Gasteiger partial charge >= 0.3 is 0 Å². The highest BCUT2D eigenvalue weighted by molar-refractivity contribution is 7.15. The quantitative estimate of drug-likeness (QED) is 0.506. The van der Waals surface area contributed by atoms with E-state index in [-0.39, 0.29) is 36.7 Å². The second kappa shape index (κ2) is 10.8. The number of aliphatic hydroxyl groups is 2. The van der Waals surface area contributed by atoms with Crippen LogP contribution in [0.1, 0.15) is 66.9 Å². The van der Waals surface area contributed by atoms with Gasteiger partial charge in [-0.3, -0.25) is 19.7 Å². The lowest BCUT2D eigenvalue weighted by atomic mass is 9.47. The van der Waals surface area contributed by atoms with E-state index in [0.29, 0.717) is 56.1 Å². The van der Waals surface area contributed by atoms with Crippen molar-refractivity contribution < 1.29 is 29.0 Å². The summed E-state index contributed by atoms with van der Waals surface area (Å²) >= 11 is 1.35. The normalized spacial score (nSPS) is 29.9. The first kappa shape index (κ1) is 28.6. The SMILES string of the molecule is CC(=O)N1CCN(C(=O)CC2c3nc(NC(=O)c4ccc(F)cc4)sc3CC3C(C)(CO)C(O)CCC23C)CC1. The summed E-state index contributed by atoms with van der Waals surface area (Å²) in [6, 6.07) is 5.28. The summed E-state index contributed by atoms with van der Waals surface area (Å²) in [5, 5.41) is 24.7. The standard InChI is InChI=1S/C29H37FN4O5S/c1-17(36)33-10-12-34(13-11-33)24(38)14-20-25-21(15-22-28(20,2)9-8-23(37)29(22,3)16-35)40-27(31-25)32-26(39)18-4-6-19(30)7-5-18/h4-7,20,22-23,35,37H,8-16H2,1-3H3,(H,31,32,39). The molecule has 3 amide bonds. The highest BCUT2D eigenvalue weighted by Gasteiger charge is 2.59. The molecule has 1 aromatic carbocycles. The van der Waals surface area contributed by atoms with Gasteiger partial charge in [0.05, 0.1) is 18.4 Å². The lowest BCUT2D eigenvalue weighted by Crippen LogP contribution is -2.58. The fourth-order valence-electron chi connectivity index (χ4n) is 7.04. The molecule has 0 bridgehead atoms. The molecule has 1 saturated heterocycles. The molecule has 1 aromatic heterocycles. The van der Waals surface area contributed by atoms with Crippen LogP contribution >= 0.6 is 11.3 Å². The van der Waals surface area contributed by atoms with Crippen LogP contribution < -0.4 is 5.32 Å². The molecule has 9 nitrogen and oxygen atoms in total. The third-order valence-electron chi connectivity index (χ3n) is 9.68. The van der Waals surface area contributed by atoms with Crippen LogP contribution in [-0.2, 0) is 16.0 Å². The van der Waals surface area contributed by atoms with Crippen molar-refractivity contribution in [3.8, 4) is 0 Å². The maximum absolute atomic E-state index is 13.7.